The molecule has 0 spiro atoms. The highest BCUT2D eigenvalue weighted by molar-refractivity contribution is 6.33. The number of esters is 1. The number of rotatable bonds is 7. The SMILES string of the molecule is COC(=O)c1ccc(Cl)c(NCC(=O)NCc2ccc(OC)cc2)c1. The first-order valence-electron chi connectivity index (χ1n) is 7.55. The lowest BCUT2D eigenvalue weighted by atomic mass is 10.2. The molecule has 2 rings (SSSR count). The summed E-state index contributed by atoms with van der Waals surface area (Å²) in [6, 6.07) is 12.1. The van der Waals surface area contributed by atoms with Crippen molar-refractivity contribution in [3.05, 3.63) is 58.6 Å². The van der Waals surface area contributed by atoms with E-state index in [-0.39, 0.29) is 12.5 Å². The summed E-state index contributed by atoms with van der Waals surface area (Å²) >= 11 is 6.07. The molecule has 2 N–H and O–H groups in total. The first-order chi connectivity index (χ1) is 12.0. The van der Waals surface area contributed by atoms with Gasteiger partial charge in [-0.1, -0.05) is 23.7 Å². The molecule has 0 saturated heterocycles. The summed E-state index contributed by atoms with van der Waals surface area (Å²) in [4.78, 5) is 23.5. The fourth-order valence-electron chi connectivity index (χ4n) is 2.09. The van der Waals surface area contributed by atoms with E-state index in [1.54, 1.807) is 25.3 Å². The molecule has 0 aliphatic rings. The minimum atomic E-state index is -0.469. The van der Waals surface area contributed by atoms with Crippen LogP contribution in [0.5, 0.6) is 5.75 Å². The topological polar surface area (TPSA) is 76.7 Å². The maximum atomic E-state index is 12.0. The van der Waals surface area contributed by atoms with Crippen molar-refractivity contribution in [2.45, 2.75) is 6.54 Å². The van der Waals surface area contributed by atoms with Gasteiger partial charge in [0.1, 0.15) is 5.75 Å². The molecule has 2 aromatic rings. The van der Waals surface area contributed by atoms with Gasteiger partial charge >= 0.3 is 5.97 Å². The number of carbonyl (C=O) groups excluding carboxylic acids is 2. The Balaban J connectivity index is 1.87. The Hall–Kier alpha value is -2.73. The van der Waals surface area contributed by atoms with Crippen molar-refractivity contribution in [1.82, 2.24) is 5.32 Å². The minimum Gasteiger partial charge on any atom is -0.497 e. The molecule has 0 atom stereocenters. The first kappa shape index (κ1) is 18.6. The molecule has 25 heavy (non-hydrogen) atoms. The third-order valence-corrected chi connectivity index (χ3v) is 3.81. The summed E-state index contributed by atoms with van der Waals surface area (Å²) in [7, 11) is 2.90. The van der Waals surface area contributed by atoms with Crippen molar-refractivity contribution in [1.29, 1.82) is 0 Å². The van der Waals surface area contributed by atoms with Crippen molar-refractivity contribution in [3.8, 4) is 5.75 Å². The summed E-state index contributed by atoms with van der Waals surface area (Å²) in [5.41, 5.74) is 1.80. The Morgan fingerprint density at radius 2 is 1.80 bits per heavy atom. The van der Waals surface area contributed by atoms with Gasteiger partial charge in [-0.25, -0.2) is 4.79 Å². The number of carbonyl (C=O) groups is 2. The number of methoxy groups -OCH3 is 2. The number of hydrogen-bond acceptors (Lipinski definition) is 5. The normalized spacial score (nSPS) is 10.0. The summed E-state index contributed by atoms with van der Waals surface area (Å²) < 4.78 is 9.75. The summed E-state index contributed by atoms with van der Waals surface area (Å²) in [6.07, 6.45) is 0. The molecule has 1 amide bonds. The molecule has 0 aromatic heterocycles. The molecule has 0 fully saturated rings. The zero-order valence-corrected chi connectivity index (χ0v) is 14.7. The Morgan fingerprint density at radius 3 is 2.44 bits per heavy atom. The van der Waals surface area contributed by atoms with Gasteiger partial charge in [0.15, 0.2) is 0 Å². The maximum Gasteiger partial charge on any atom is 0.337 e. The number of hydrogen-bond donors (Lipinski definition) is 2. The van der Waals surface area contributed by atoms with E-state index in [0.29, 0.717) is 22.8 Å². The van der Waals surface area contributed by atoms with Crippen LogP contribution in [0, 0.1) is 0 Å². The highest BCUT2D eigenvalue weighted by atomic mass is 35.5. The number of ether oxygens (including phenoxy) is 2. The molecule has 0 unspecified atom stereocenters. The van der Waals surface area contributed by atoms with Crippen LogP contribution in [0.2, 0.25) is 5.02 Å². The van der Waals surface area contributed by atoms with E-state index in [0.717, 1.165) is 11.3 Å². The third kappa shape index (κ3) is 5.39. The fourth-order valence-corrected chi connectivity index (χ4v) is 2.27. The fraction of sp³-hybridized carbons (Fsp3) is 0.222. The van der Waals surface area contributed by atoms with E-state index < -0.39 is 5.97 Å². The van der Waals surface area contributed by atoms with Crippen LogP contribution in [0.15, 0.2) is 42.5 Å². The van der Waals surface area contributed by atoms with E-state index >= 15 is 0 Å². The van der Waals surface area contributed by atoms with Gasteiger partial charge in [-0.3, -0.25) is 4.79 Å². The maximum absolute atomic E-state index is 12.0. The molecule has 0 aliphatic heterocycles. The monoisotopic (exact) mass is 362 g/mol. The number of benzene rings is 2. The standard InChI is InChI=1S/C18H19ClN2O4/c1-24-14-6-3-12(4-7-14)10-21-17(22)11-20-16-9-13(18(23)25-2)5-8-15(16)19/h3-9,20H,10-11H2,1-2H3,(H,21,22). The van der Waals surface area contributed by atoms with Gasteiger partial charge in [0.25, 0.3) is 0 Å². The Morgan fingerprint density at radius 1 is 1.08 bits per heavy atom. The molecule has 0 bridgehead atoms. The average molecular weight is 363 g/mol. The lowest BCUT2D eigenvalue weighted by Crippen LogP contribution is -2.29. The predicted octanol–water partition coefficient (Wildman–Crippen LogP) is 2.86. The van der Waals surface area contributed by atoms with Crippen LogP contribution in [0.1, 0.15) is 15.9 Å². The molecule has 132 valence electrons. The van der Waals surface area contributed by atoms with E-state index in [4.69, 9.17) is 16.3 Å². The number of nitrogens with one attached hydrogen (secondary N) is 2. The van der Waals surface area contributed by atoms with E-state index in [9.17, 15) is 9.59 Å². The van der Waals surface area contributed by atoms with Gasteiger partial charge in [0.05, 0.1) is 37.0 Å². The number of halogens is 1. The molecule has 0 aliphatic carbocycles. The van der Waals surface area contributed by atoms with Crippen LogP contribution in [0.4, 0.5) is 5.69 Å². The van der Waals surface area contributed by atoms with Crippen LogP contribution in [-0.2, 0) is 16.1 Å². The highest BCUT2D eigenvalue weighted by Gasteiger charge is 2.10. The van der Waals surface area contributed by atoms with Crippen LogP contribution in [0.3, 0.4) is 0 Å². The van der Waals surface area contributed by atoms with Gasteiger partial charge in [-0.2, -0.15) is 0 Å². The molecule has 0 saturated carbocycles. The Labute approximate surface area is 151 Å². The second-order valence-electron chi connectivity index (χ2n) is 5.16. The van der Waals surface area contributed by atoms with Crippen molar-refractivity contribution in [3.63, 3.8) is 0 Å². The summed E-state index contributed by atoms with van der Waals surface area (Å²) in [5, 5.41) is 6.13. The zero-order chi connectivity index (χ0) is 18.2. The molecular formula is C18H19ClN2O4. The van der Waals surface area contributed by atoms with Crippen LogP contribution < -0.4 is 15.4 Å². The van der Waals surface area contributed by atoms with E-state index in [2.05, 4.69) is 15.4 Å². The largest absolute Gasteiger partial charge is 0.497 e. The van der Waals surface area contributed by atoms with Gasteiger partial charge in [0, 0.05) is 6.54 Å². The van der Waals surface area contributed by atoms with E-state index in [1.807, 2.05) is 24.3 Å². The lowest BCUT2D eigenvalue weighted by molar-refractivity contribution is -0.119. The Bertz CT molecular complexity index is 747. The van der Waals surface area contributed by atoms with Crippen LogP contribution in [0.25, 0.3) is 0 Å². The minimum absolute atomic E-state index is 0.0283. The molecule has 6 nitrogen and oxygen atoms in total. The molecule has 7 heteroatoms. The van der Waals surface area contributed by atoms with Crippen molar-refractivity contribution in [2.24, 2.45) is 0 Å². The first-order valence-corrected chi connectivity index (χ1v) is 7.92. The smallest absolute Gasteiger partial charge is 0.337 e. The molecule has 2 aromatic carbocycles. The molecular weight excluding hydrogens is 344 g/mol. The van der Waals surface area contributed by atoms with Gasteiger partial charge in [-0.05, 0) is 35.9 Å². The van der Waals surface area contributed by atoms with Crippen molar-refractivity contribution >= 4 is 29.2 Å². The predicted molar refractivity (Wildman–Crippen MR) is 96.1 cm³/mol. The lowest BCUT2D eigenvalue weighted by Gasteiger charge is -2.10. The summed E-state index contributed by atoms with van der Waals surface area (Å²) in [6.45, 7) is 0.431. The van der Waals surface area contributed by atoms with Gasteiger partial charge < -0.3 is 20.1 Å². The molecule has 0 heterocycles. The molecule has 0 radical (unpaired) electrons. The zero-order valence-electron chi connectivity index (χ0n) is 14.0. The number of anilines is 1. The Kier molecular flexibility index (Phi) is 6.65. The second-order valence-corrected chi connectivity index (χ2v) is 5.57. The highest BCUT2D eigenvalue weighted by Crippen LogP contribution is 2.23. The van der Waals surface area contributed by atoms with Crippen LogP contribution >= 0.6 is 11.6 Å². The quantitative estimate of drug-likeness (QED) is 0.741. The second kappa shape index (κ2) is 8.94. The van der Waals surface area contributed by atoms with E-state index in [1.165, 1.54) is 7.11 Å². The van der Waals surface area contributed by atoms with Crippen molar-refractivity contribution in [2.75, 3.05) is 26.1 Å². The average Bonchev–Trinajstić information content (AvgIpc) is 2.65. The van der Waals surface area contributed by atoms with Gasteiger partial charge in [0.2, 0.25) is 5.91 Å². The summed E-state index contributed by atoms with van der Waals surface area (Å²) in [5.74, 6) is 0.0934. The van der Waals surface area contributed by atoms with Crippen LogP contribution in [-0.4, -0.2) is 32.6 Å². The number of amides is 1. The third-order valence-electron chi connectivity index (χ3n) is 3.48. The van der Waals surface area contributed by atoms with Gasteiger partial charge in [-0.15, -0.1) is 0 Å². The van der Waals surface area contributed by atoms with Crippen molar-refractivity contribution < 1.29 is 19.1 Å².